The molecule has 1 amide bonds. The first kappa shape index (κ1) is 19.8. The number of carbonyl (C=O) groups is 1. The lowest BCUT2D eigenvalue weighted by molar-refractivity contribution is 0.0278. The Bertz CT molecular complexity index is 304. The third kappa shape index (κ3) is 5.64. The number of hydrogen-bond donors (Lipinski definition) is 1. The van der Waals surface area contributed by atoms with Crippen molar-refractivity contribution in [3.05, 3.63) is 0 Å². The number of piperazine rings is 1. The number of nitrogens with one attached hydrogen (secondary N) is 1. The van der Waals surface area contributed by atoms with Gasteiger partial charge in [-0.15, -0.1) is 24.8 Å². The van der Waals surface area contributed by atoms with E-state index in [0.717, 1.165) is 45.7 Å². The maximum atomic E-state index is 12.0. The van der Waals surface area contributed by atoms with Crippen molar-refractivity contribution >= 4 is 30.9 Å². The molecule has 0 bridgehead atoms. The van der Waals surface area contributed by atoms with Crippen LogP contribution in [-0.2, 0) is 4.74 Å². The Morgan fingerprint density at radius 1 is 1.15 bits per heavy atom. The SMILES string of the molecule is CC(C)(C)OC(=O)N1CCC(N2CCNCC2)C1.Cl.Cl. The second-order valence-corrected chi connectivity index (χ2v) is 6.15. The Morgan fingerprint density at radius 3 is 2.30 bits per heavy atom. The Kier molecular flexibility index (Phi) is 8.18. The maximum absolute atomic E-state index is 12.0. The highest BCUT2D eigenvalue weighted by Crippen LogP contribution is 2.19. The van der Waals surface area contributed by atoms with Crippen LogP contribution in [0.4, 0.5) is 4.79 Å². The Hall–Kier alpha value is -0.230. The Balaban J connectivity index is 0.00000180. The van der Waals surface area contributed by atoms with Crippen LogP contribution < -0.4 is 5.32 Å². The molecule has 2 fully saturated rings. The van der Waals surface area contributed by atoms with Crippen LogP contribution in [0, 0.1) is 0 Å². The van der Waals surface area contributed by atoms with Gasteiger partial charge in [0.25, 0.3) is 0 Å². The predicted molar refractivity (Wildman–Crippen MR) is 85.2 cm³/mol. The zero-order valence-electron chi connectivity index (χ0n) is 12.6. The third-order valence-electron chi connectivity index (χ3n) is 3.48. The minimum atomic E-state index is -0.399. The highest BCUT2D eigenvalue weighted by atomic mass is 35.5. The summed E-state index contributed by atoms with van der Waals surface area (Å²) in [4.78, 5) is 16.3. The van der Waals surface area contributed by atoms with E-state index < -0.39 is 5.60 Å². The molecular weight excluding hydrogens is 301 g/mol. The summed E-state index contributed by atoms with van der Waals surface area (Å²) < 4.78 is 5.41. The Labute approximate surface area is 134 Å². The molecule has 2 saturated heterocycles. The summed E-state index contributed by atoms with van der Waals surface area (Å²) >= 11 is 0. The van der Waals surface area contributed by atoms with Crippen LogP contribution in [0.3, 0.4) is 0 Å². The molecule has 0 aliphatic carbocycles. The van der Waals surface area contributed by atoms with E-state index in [0.29, 0.717) is 6.04 Å². The first-order valence-electron chi connectivity index (χ1n) is 6.88. The topological polar surface area (TPSA) is 44.8 Å². The first-order chi connectivity index (χ1) is 8.46. The molecule has 2 aliphatic heterocycles. The molecule has 0 spiro atoms. The molecule has 1 atom stereocenters. The average molecular weight is 328 g/mol. The van der Waals surface area contributed by atoms with Gasteiger partial charge >= 0.3 is 6.09 Å². The van der Waals surface area contributed by atoms with E-state index in [4.69, 9.17) is 4.74 Å². The van der Waals surface area contributed by atoms with Crippen molar-refractivity contribution in [3.63, 3.8) is 0 Å². The van der Waals surface area contributed by atoms with E-state index in [9.17, 15) is 4.79 Å². The van der Waals surface area contributed by atoms with Gasteiger partial charge < -0.3 is 15.0 Å². The summed E-state index contributed by atoms with van der Waals surface area (Å²) in [5.41, 5.74) is -0.399. The lowest BCUT2D eigenvalue weighted by atomic mass is 10.2. The van der Waals surface area contributed by atoms with Crippen molar-refractivity contribution in [2.75, 3.05) is 39.3 Å². The van der Waals surface area contributed by atoms with Crippen molar-refractivity contribution in [1.82, 2.24) is 15.1 Å². The molecule has 0 radical (unpaired) electrons. The number of likely N-dealkylation sites (tertiary alicyclic amines) is 1. The van der Waals surface area contributed by atoms with Crippen LogP contribution in [-0.4, -0.2) is 66.8 Å². The normalized spacial score (nSPS) is 23.8. The fraction of sp³-hybridized carbons (Fsp3) is 0.923. The van der Waals surface area contributed by atoms with Gasteiger partial charge in [0, 0.05) is 45.3 Å². The smallest absolute Gasteiger partial charge is 0.410 e. The summed E-state index contributed by atoms with van der Waals surface area (Å²) in [6, 6.07) is 0.514. The molecule has 0 saturated carbocycles. The van der Waals surface area contributed by atoms with Gasteiger partial charge in [-0.2, -0.15) is 0 Å². The molecular formula is C13H27Cl2N3O2. The van der Waals surface area contributed by atoms with Crippen LogP contribution in [0.1, 0.15) is 27.2 Å². The molecule has 5 nitrogen and oxygen atoms in total. The zero-order chi connectivity index (χ0) is 13.2. The molecule has 2 aliphatic rings. The largest absolute Gasteiger partial charge is 0.444 e. The van der Waals surface area contributed by atoms with Crippen molar-refractivity contribution in [1.29, 1.82) is 0 Å². The van der Waals surface area contributed by atoms with Gasteiger partial charge in [-0.1, -0.05) is 0 Å². The number of hydrogen-bond acceptors (Lipinski definition) is 4. The van der Waals surface area contributed by atoms with E-state index in [2.05, 4.69) is 10.2 Å². The molecule has 20 heavy (non-hydrogen) atoms. The van der Waals surface area contributed by atoms with E-state index in [1.807, 2.05) is 25.7 Å². The minimum absolute atomic E-state index is 0. The average Bonchev–Trinajstić information content (AvgIpc) is 2.77. The van der Waals surface area contributed by atoms with Gasteiger partial charge in [-0.05, 0) is 27.2 Å². The summed E-state index contributed by atoms with van der Waals surface area (Å²) in [5.74, 6) is 0. The van der Waals surface area contributed by atoms with E-state index >= 15 is 0 Å². The van der Waals surface area contributed by atoms with Crippen LogP contribution in [0.5, 0.6) is 0 Å². The van der Waals surface area contributed by atoms with Crippen LogP contribution in [0.2, 0.25) is 0 Å². The molecule has 1 N–H and O–H groups in total. The lowest BCUT2D eigenvalue weighted by Crippen LogP contribution is -2.49. The van der Waals surface area contributed by atoms with Crippen molar-refractivity contribution < 1.29 is 9.53 Å². The second kappa shape index (κ2) is 8.27. The molecule has 1 unspecified atom stereocenters. The van der Waals surface area contributed by atoms with Crippen LogP contribution in [0.25, 0.3) is 0 Å². The molecule has 2 rings (SSSR count). The van der Waals surface area contributed by atoms with Crippen molar-refractivity contribution in [3.8, 4) is 0 Å². The predicted octanol–water partition coefficient (Wildman–Crippen LogP) is 1.74. The quantitative estimate of drug-likeness (QED) is 0.796. The highest BCUT2D eigenvalue weighted by molar-refractivity contribution is 5.85. The van der Waals surface area contributed by atoms with Gasteiger partial charge in [-0.25, -0.2) is 4.79 Å². The highest BCUT2D eigenvalue weighted by Gasteiger charge is 2.33. The zero-order valence-corrected chi connectivity index (χ0v) is 14.2. The number of amides is 1. The van der Waals surface area contributed by atoms with Gasteiger partial charge in [0.1, 0.15) is 5.60 Å². The second-order valence-electron chi connectivity index (χ2n) is 6.15. The number of halogens is 2. The number of nitrogens with zero attached hydrogens (tertiary/aromatic N) is 2. The summed E-state index contributed by atoms with van der Waals surface area (Å²) in [6.45, 7) is 11.7. The third-order valence-corrected chi connectivity index (χ3v) is 3.48. The molecule has 120 valence electrons. The summed E-state index contributed by atoms with van der Waals surface area (Å²) in [5, 5.41) is 3.36. The summed E-state index contributed by atoms with van der Waals surface area (Å²) in [6.07, 6.45) is 0.902. The lowest BCUT2D eigenvalue weighted by Gasteiger charge is -2.32. The van der Waals surface area contributed by atoms with Crippen LogP contribution >= 0.6 is 24.8 Å². The molecule has 0 aromatic rings. The summed E-state index contributed by atoms with van der Waals surface area (Å²) in [7, 11) is 0. The molecule has 0 aromatic carbocycles. The molecule has 7 heteroatoms. The number of rotatable bonds is 1. The first-order valence-corrected chi connectivity index (χ1v) is 6.88. The van der Waals surface area contributed by atoms with Gasteiger partial charge in [0.15, 0.2) is 0 Å². The monoisotopic (exact) mass is 327 g/mol. The van der Waals surface area contributed by atoms with Crippen molar-refractivity contribution in [2.45, 2.75) is 38.8 Å². The Morgan fingerprint density at radius 2 is 1.75 bits per heavy atom. The number of ether oxygens (including phenoxy) is 1. The maximum Gasteiger partial charge on any atom is 0.410 e. The van der Waals surface area contributed by atoms with Gasteiger partial charge in [0.2, 0.25) is 0 Å². The van der Waals surface area contributed by atoms with Crippen LogP contribution in [0.15, 0.2) is 0 Å². The standard InChI is InChI=1S/C13H25N3O2.2ClH/c1-13(2,3)18-12(17)16-7-4-11(10-16)15-8-5-14-6-9-15;;/h11,14H,4-10H2,1-3H3;2*1H. The van der Waals surface area contributed by atoms with E-state index in [-0.39, 0.29) is 30.9 Å². The minimum Gasteiger partial charge on any atom is -0.444 e. The van der Waals surface area contributed by atoms with Gasteiger partial charge in [0.05, 0.1) is 0 Å². The molecule has 2 heterocycles. The van der Waals surface area contributed by atoms with Gasteiger partial charge in [-0.3, -0.25) is 4.90 Å². The van der Waals surface area contributed by atoms with E-state index in [1.165, 1.54) is 0 Å². The van der Waals surface area contributed by atoms with E-state index in [1.54, 1.807) is 0 Å². The molecule has 0 aromatic heterocycles. The van der Waals surface area contributed by atoms with Crippen molar-refractivity contribution in [2.24, 2.45) is 0 Å². The number of carbonyl (C=O) groups excluding carboxylic acids is 1. The fourth-order valence-electron chi connectivity index (χ4n) is 2.58. The fourth-order valence-corrected chi connectivity index (χ4v) is 2.58.